The maximum Gasteiger partial charge on any atom is 0.181 e. The summed E-state index contributed by atoms with van der Waals surface area (Å²) in [5.74, 6) is 6.26. The van der Waals surface area contributed by atoms with Gasteiger partial charge in [-0.15, -0.1) is 0 Å². The summed E-state index contributed by atoms with van der Waals surface area (Å²) in [6.45, 7) is 0. The van der Waals surface area contributed by atoms with Gasteiger partial charge in [-0.2, -0.15) is 0 Å². The fraction of sp³-hybridized carbons (Fsp3) is 0. The number of hydrogen-bond donors (Lipinski definition) is 2. The normalized spacial score (nSPS) is 9.79. The summed E-state index contributed by atoms with van der Waals surface area (Å²) < 4.78 is 0. The number of rotatable bonds is 2. The van der Waals surface area contributed by atoms with Crippen LogP contribution in [0.25, 0.3) is 11.5 Å². The standard InChI is InChI=1S/C8H8N6/c9-14-7-1-2-12-8(13-7)6-5-10-3-4-11-6/h1-5H,9H2,(H,12,13,14). The third-order valence-corrected chi connectivity index (χ3v) is 1.60. The minimum Gasteiger partial charge on any atom is -0.308 e. The molecule has 0 saturated heterocycles. The van der Waals surface area contributed by atoms with Crippen molar-refractivity contribution in [2.75, 3.05) is 5.43 Å². The molecule has 0 amide bonds. The molecule has 0 spiro atoms. The Balaban J connectivity index is 2.42. The summed E-state index contributed by atoms with van der Waals surface area (Å²) in [6.07, 6.45) is 6.37. The first-order chi connectivity index (χ1) is 6.90. The van der Waals surface area contributed by atoms with E-state index >= 15 is 0 Å². The Kier molecular flexibility index (Phi) is 2.28. The van der Waals surface area contributed by atoms with Gasteiger partial charge in [0.2, 0.25) is 0 Å². The first-order valence-corrected chi connectivity index (χ1v) is 3.96. The van der Waals surface area contributed by atoms with Crippen molar-refractivity contribution >= 4 is 5.82 Å². The summed E-state index contributed by atoms with van der Waals surface area (Å²) in [5, 5.41) is 0. The molecule has 0 atom stereocenters. The van der Waals surface area contributed by atoms with Crippen LogP contribution in [0.2, 0.25) is 0 Å². The van der Waals surface area contributed by atoms with Gasteiger partial charge in [0, 0.05) is 24.7 Å². The van der Waals surface area contributed by atoms with Gasteiger partial charge in [-0.3, -0.25) is 4.98 Å². The van der Waals surface area contributed by atoms with Crippen molar-refractivity contribution in [3.63, 3.8) is 0 Å². The largest absolute Gasteiger partial charge is 0.308 e. The summed E-state index contributed by atoms with van der Waals surface area (Å²) in [5.41, 5.74) is 3.05. The fourth-order valence-corrected chi connectivity index (χ4v) is 0.977. The molecule has 6 heteroatoms. The zero-order valence-corrected chi connectivity index (χ0v) is 7.25. The van der Waals surface area contributed by atoms with Crippen molar-refractivity contribution in [2.24, 2.45) is 5.84 Å². The van der Waals surface area contributed by atoms with Crippen molar-refractivity contribution in [1.29, 1.82) is 0 Å². The van der Waals surface area contributed by atoms with E-state index in [-0.39, 0.29) is 0 Å². The monoisotopic (exact) mass is 188 g/mol. The Morgan fingerprint density at radius 1 is 1.14 bits per heavy atom. The predicted molar refractivity (Wildman–Crippen MR) is 50.9 cm³/mol. The molecule has 0 aliphatic rings. The zero-order valence-electron chi connectivity index (χ0n) is 7.25. The number of nitrogen functional groups attached to an aromatic ring is 1. The van der Waals surface area contributed by atoms with Crippen LogP contribution >= 0.6 is 0 Å². The fourth-order valence-electron chi connectivity index (χ4n) is 0.977. The third kappa shape index (κ3) is 1.64. The van der Waals surface area contributed by atoms with Crippen LogP contribution < -0.4 is 11.3 Å². The molecule has 0 aliphatic heterocycles. The van der Waals surface area contributed by atoms with E-state index < -0.39 is 0 Å². The Labute approximate surface area is 80.2 Å². The van der Waals surface area contributed by atoms with Gasteiger partial charge in [0.25, 0.3) is 0 Å². The van der Waals surface area contributed by atoms with E-state index in [0.29, 0.717) is 17.3 Å². The lowest BCUT2D eigenvalue weighted by Crippen LogP contribution is -2.09. The zero-order chi connectivity index (χ0) is 9.80. The topological polar surface area (TPSA) is 89.6 Å². The molecule has 70 valence electrons. The van der Waals surface area contributed by atoms with Crippen LogP contribution in [0.1, 0.15) is 0 Å². The highest BCUT2D eigenvalue weighted by atomic mass is 15.3. The minimum atomic E-state index is 0.494. The first kappa shape index (κ1) is 8.52. The van der Waals surface area contributed by atoms with Crippen LogP contribution in [0.4, 0.5) is 5.82 Å². The molecule has 2 rings (SSSR count). The van der Waals surface area contributed by atoms with Gasteiger partial charge in [0.05, 0.1) is 6.20 Å². The molecular weight excluding hydrogens is 180 g/mol. The highest BCUT2D eigenvalue weighted by Gasteiger charge is 2.02. The average Bonchev–Trinajstić information content (AvgIpc) is 2.30. The van der Waals surface area contributed by atoms with Crippen molar-refractivity contribution in [3.05, 3.63) is 30.9 Å². The lowest BCUT2D eigenvalue weighted by atomic mass is 10.4. The molecule has 0 unspecified atom stereocenters. The maximum atomic E-state index is 5.22. The number of nitrogens with one attached hydrogen (secondary N) is 1. The van der Waals surface area contributed by atoms with E-state index in [1.165, 1.54) is 0 Å². The van der Waals surface area contributed by atoms with Gasteiger partial charge in [-0.05, 0) is 0 Å². The predicted octanol–water partition coefficient (Wildman–Crippen LogP) is 0.219. The highest BCUT2D eigenvalue weighted by Crippen LogP contribution is 2.10. The number of hydrogen-bond acceptors (Lipinski definition) is 6. The second-order valence-corrected chi connectivity index (χ2v) is 2.50. The Bertz CT molecular complexity index is 415. The van der Waals surface area contributed by atoms with E-state index in [0.717, 1.165) is 0 Å². The van der Waals surface area contributed by atoms with Gasteiger partial charge in [0.15, 0.2) is 5.82 Å². The van der Waals surface area contributed by atoms with Crippen LogP contribution in [0.15, 0.2) is 30.9 Å². The number of nitrogens with two attached hydrogens (primary N) is 1. The SMILES string of the molecule is NNc1ccnc(-c2cnccn2)n1. The molecule has 0 bridgehead atoms. The van der Waals surface area contributed by atoms with Crippen LogP contribution in [0, 0.1) is 0 Å². The van der Waals surface area contributed by atoms with Gasteiger partial charge >= 0.3 is 0 Å². The number of anilines is 1. The van der Waals surface area contributed by atoms with E-state index in [2.05, 4.69) is 25.4 Å². The molecule has 0 fully saturated rings. The minimum absolute atomic E-state index is 0.494. The Hall–Kier alpha value is -2.08. The quantitative estimate of drug-likeness (QED) is 0.517. The van der Waals surface area contributed by atoms with Crippen molar-refractivity contribution in [3.8, 4) is 11.5 Å². The number of hydrazine groups is 1. The van der Waals surface area contributed by atoms with E-state index in [9.17, 15) is 0 Å². The summed E-state index contributed by atoms with van der Waals surface area (Å²) in [6, 6.07) is 1.67. The number of aromatic nitrogens is 4. The van der Waals surface area contributed by atoms with E-state index in [1.54, 1.807) is 30.9 Å². The summed E-state index contributed by atoms with van der Waals surface area (Å²) in [4.78, 5) is 16.2. The van der Waals surface area contributed by atoms with Crippen molar-refractivity contribution < 1.29 is 0 Å². The highest BCUT2D eigenvalue weighted by molar-refractivity contribution is 5.49. The number of nitrogens with zero attached hydrogens (tertiary/aromatic N) is 4. The van der Waals surface area contributed by atoms with Gasteiger partial charge in [-0.25, -0.2) is 20.8 Å². The molecule has 0 aliphatic carbocycles. The van der Waals surface area contributed by atoms with Crippen LogP contribution in [0.3, 0.4) is 0 Å². The lowest BCUT2D eigenvalue weighted by molar-refractivity contribution is 1.10. The molecule has 6 nitrogen and oxygen atoms in total. The third-order valence-electron chi connectivity index (χ3n) is 1.60. The van der Waals surface area contributed by atoms with E-state index in [4.69, 9.17) is 5.84 Å². The Morgan fingerprint density at radius 3 is 2.79 bits per heavy atom. The second kappa shape index (κ2) is 3.75. The first-order valence-electron chi connectivity index (χ1n) is 3.96. The molecule has 2 aromatic heterocycles. The van der Waals surface area contributed by atoms with Crippen LogP contribution in [-0.4, -0.2) is 19.9 Å². The molecule has 0 saturated carbocycles. The van der Waals surface area contributed by atoms with Crippen LogP contribution in [0.5, 0.6) is 0 Å². The molecule has 3 N–H and O–H groups in total. The summed E-state index contributed by atoms with van der Waals surface area (Å²) in [7, 11) is 0. The lowest BCUT2D eigenvalue weighted by Gasteiger charge is -2.00. The molecule has 0 aromatic carbocycles. The summed E-state index contributed by atoms with van der Waals surface area (Å²) >= 11 is 0. The molecule has 2 aromatic rings. The van der Waals surface area contributed by atoms with Crippen molar-refractivity contribution in [1.82, 2.24) is 19.9 Å². The molecule has 2 heterocycles. The van der Waals surface area contributed by atoms with Crippen LogP contribution in [-0.2, 0) is 0 Å². The van der Waals surface area contributed by atoms with Crippen molar-refractivity contribution in [2.45, 2.75) is 0 Å². The Morgan fingerprint density at radius 2 is 2.07 bits per heavy atom. The maximum absolute atomic E-state index is 5.22. The molecule has 0 radical (unpaired) electrons. The molecule has 14 heavy (non-hydrogen) atoms. The average molecular weight is 188 g/mol. The smallest absolute Gasteiger partial charge is 0.181 e. The van der Waals surface area contributed by atoms with Gasteiger partial charge in [0.1, 0.15) is 11.5 Å². The van der Waals surface area contributed by atoms with Gasteiger partial charge in [-0.1, -0.05) is 0 Å². The van der Waals surface area contributed by atoms with E-state index in [1.807, 2.05) is 0 Å². The second-order valence-electron chi connectivity index (χ2n) is 2.50. The molecular formula is C8H8N6. The van der Waals surface area contributed by atoms with Gasteiger partial charge < -0.3 is 5.43 Å².